The quantitative estimate of drug-likeness (QED) is 0.300. The van der Waals surface area contributed by atoms with E-state index in [9.17, 15) is 0 Å². The maximum Gasteiger partial charge on any atom is 0.109 e. The zero-order valence-electron chi connectivity index (χ0n) is 19.2. The van der Waals surface area contributed by atoms with Crippen LogP contribution < -0.4 is 0 Å². The van der Waals surface area contributed by atoms with Crippen LogP contribution in [-0.4, -0.2) is 28.0 Å². The van der Waals surface area contributed by atoms with E-state index in [-0.39, 0.29) is 11.7 Å². The molecule has 176 valence electrons. The Morgan fingerprint density at radius 2 is 1.63 bits per heavy atom. The Hall–Kier alpha value is -2.76. The number of hydrogen-bond acceptors (Lipinski definition) is 4. The van der Waals surface area contributed by atoms with Gasteiger partial charge in [-0.1, -0.05) is 53.5 Å². The molecular weight excluding hydrogens is 477 g/mol. The van der Waals surface area contributed by atoms with Gasteiger partial charge in [0.05, 0.1) is 11.3 Å². The third-order valence-corrected chi connectivity index (χ3v) is 7.59. The number of halogens is 2. The van der Waals surface area contributed by atoms with Gasteiger partial charge in [0, 0.05) is 53.8 Å². The first-order chi connectivity index (χ1) is 17.1. The third-order valence-electron chi connectivity index (χ3n) is 7.15. The molecule has 2 aromatic carbocycles. The Bertz CT molecular complexity index is 1320. The molecule has 2 aromatic heterocycles. The minimum atomic E-state index is -0.287. The van der Waals surface area contributed by atoms with Gasteiger partial charge in [0.1, 0.15) is 6.10 Å². The smallest absolute Gasteiger partial charge is 0.109 e. The van der Waals surface area contributed by atoms with Gasteiger partial charge < -0.3 is 4.74 Å². The molecule has 1 atom stereocenters. The topological polar surface area (TPSA) is 38.2 Å². The standard InChI is InChI=1S/C29H25Cl2N3O/c30-23-15-22(16-24(31)17-23)28-26-3-1-2-4-27(26)29(35-28)9-13-34(14-10-29)19-25-6-5-21(18-33-25)20-7-11-32-12-8-20/h1-8,11-12,15-18,28H,9-10,13-14,19H2. The Labute approximate surface area is 215 Å². The van der Waals surface area contributed by atoms with Crippen molar-refractivity contribution in [3.63, 3.8) is 0 Å². The number of pyridine rings is 2. The molecule has 0 radical (unpaired) electrons. The molecule has 2 aliphatic heterocycles. The molecule has 0 N–H and O–H groups in total. The molecule has 0 amide bonds. The van der Waals surface area contributed by atoms with Crippen molar-refractivity contribution >= 4 is 23.2 Å². The molecule has 0 aliphatic carbocycles. The van der Waals surface area contributed by atoms with Gasteiger partial charge in [0.2, 0.25) is 0 Å². The number of aromatic nitrogens is 2. The number of likely N-dealkylation sites (tertiary alicyclic amines) is 1. The largest absolute Gasteiger partial charge is 0.358 e. The van der Waals surface area contributed by atoms with Crippen LogP contribution >= 0.6 is 23.2 Å². The highest BCUT2D eigenvalue weighted by Gasteiger charge is 2.47. The van der Waals surface area contributed by atoms with Gasteiger partial charge in [0.15, 0.2) is 0 Å². The molecular formula is C29H25Cl2N3O. The summed E-state index contributed by atoms with van der Waals surface area (Å²) < 4.78 is 6.85. The molecule has 1 saturated heterocycles. The van der Waals surface area contributed by atoms with Crippen molar-refractivity contribution in [1.29, 1.82) is 0 Å². The molecule has 4 aromatic rings. The van der Waals surface area contributed by atoms with Crippen LogP contribution in [0.4, 0.5) is 0 Å². The van der Waals surface area contributed by atoms with E-state index in [1.165, 1.54) is 11.1 Å². The molecule has 6 heteroatoms. The van der Waals surface area contributed by atoms with E-state index in [2.05, 4.69) is 46.3 Å². The molecule has 1 fully saturated rings. The predicted molar refractivity (Wildman–Crippen MR) is 139 cm³/mol. The molecule has 0 saturated carbocycles. The summed E-state index contributed by atoms with van der Waals surface area (Å²) in [6.07, 6.45) is 7.28. The average molecular weight is 502 g/mol. The van der Waals surface area contributed by atoms with Crippen molar-refractivity contribution in [2.75, 3.05) is 13.1 Å². The Kier molecular flexibility index (Phi) is 6.07. The van der Waals surface area contributed by atoms with Crippen LogP contribution in [0.2, 0.25) is 10.0 Å². The van der Waals surface area contributed by atoms with Gasteiger partial charge in [-0.3, -0.25) is 14.9 Å². The lowest BCUT2D eigenvalue weighted by molar-refractivity contribution is -0.0979. The van der Waals surface area contributed by atoms with Crippen molar-refractivity contribution in [2.45, 2.75) is 31.1 Å². The number of fused-ring (bicyclic) bond motifs is 2. The lowest BCUT2D eigenvalue weighted by Gasteiger charge is -2.39. The van der Waals surface area contributed by atoms with Crippen molar-refractivity contribution in [3.8, 4) is 11.1 Å². The van der Waals surface area contributed by atoms with Crippen LogP contribution in [0.1, 0.15) is 41.3 Å². The fourth-order valence-corrected chi connectivity index (χ4v) is 5.93. The minimum Gasteiger partial charge on any atom is -0.358 e. The molecule has 4 nitrogen and oxygen atoms in total. The zero-order chi connectivity index (χ0) is 23.8. The number of nitrogens with zero attached hydrogens (tertiary/aromatic N) is 3. The van der Waals surface area contributed by atoms with Gasteiger partial charge in [-0.05, 0) is 71.5 Å². The molecule has 2 aliphatic rings. The molecule has 35 heavy (non-hydrogen) atoms. The normalized spacial score (nSPS) is 19.1. The van der Waals surface area contributed by atoms with E-state index in [0.717, 1.165) is 54.9 Å². The molecule has 1 unspecified atom stereocenters. The van der Waals surface area contributed by atoms with Crippen LogP contribution in [0.25, 0.3) is 11.1 Å². The SMILES string of the molecule is Clc1cc(Cl)cc(C2OC3(CCN(Cc4ccc(-c5ccncc5)cn4)CC3)c3ccccc32)c1. The number of benzene rings is 2. The fourth-order valence-electron chi connectivity index (χ4n) is 5.39. The van der Waals surface area contributed by atoms with E-state index in [4.69, 9.17) is 32.9 Å². The second-order valence-electron chi connectivity index (χ2n) is 9.33. The van der Waals surface area contributed by atoms with Gasteiger partial charge in [-0.25, -0.2) is 0 Å². The van der Waals surface area contributed by atoms with E-state index in [1.54, 1.807) is 6.07 Å². The summed E-state index contributed by atoms with van der Waals surface area (Å²) in [5, 5.41) is 1.26. The monoisotopic (exact) mass is 501 g/mol. The summed E-state index contributed by atoms with van der Waals surface area (Å²) in [4.78, 5) is 11.3. The number of rotatable bonds is 4. The van der Waals surface area contributed by atoms with Gasteiger partial charge in [-0.15, -0.1) is 0 Å². The van der Waals surface area contributed by atoms with Crippen LogP contribution in [0.5, 0.6) is 0 Å². The highest BCUT2D eigenvalue weighted by Crippen LogP contribution is 2.51. The van der Waals surface area contributed by atoms with E-state index in [0.29, 0.717) is 10.0 Å². The van der Waals surface area contributed by atoms with E-state index in [1.807, 2.05) is 42.9 Å². The lowest BCUT2D eigenvalue weighted by Crippen LogP contribution is -2.42. The second kappa shape index (κ2) is 9.36. The highest BCUT2D eigenvalue weighted by atomic mass is 35.5. The van der Waals surface area contributed by atoms with Gasteiger partial charge >= 0.3 is 0 Å². The van der Waals surface area contributed by atoms with Gasteiger partial charge in [0.25, 0.3) is 0 Å². The summed E-state index contributed by atoms with van der Waals surface area (Å²) in [5.41, 5.74) is 6.55. The first-order valence-corrected chi connectivity index (χ1v) is 12.7. The van der Waals surface area contributed by atoms with Gasteiger partial charge in [-0.2, -0.15) is 0 Å². The van der Waals surface area contributed by atoms with Crippen LogP contribution in [0, 0.1) is 0 Å². The highest BCUT2D eigenvalue weighted by molar-refractivity contribution is 6.34. The Morgan fingerprint density at radius 1 is 0.886 bits per heavy atom. The second-order valence-corrected chi connectivity index (χ2v) is 10.2. The van der Waals surface area contributed by atoms with E-state index >= 15 is 0 Å². The summed E-state index contributed by atoms with van der Waals surface area (Å²) in [6, 6.07) is 22.5. The predicted octanol–water partition coefficient (Wildman–Crippen LogP) is 7.06. The van der Waals surface area contributed by atoms with Crippen molar-refractivity contribution in [1.82, 2.24) is 14.9 Å². The molecule has 6 rings (SSSR count). The third kappa shape index (κ3) is 4.48. The lowest BCUT2D eigenvalue weighted by atomic mass is 9.83. The van der Waals surface area contributed by atoms with Crippen LogP contribution in [0.3, 0.4) is 0 Å². The Morgan fingerprint density at radius 3 is 2.34 bits per heavy atom. The first-order valence-electron chi connectivity index (χ1n) is 11.9. The van der Waals surface area contributed by atoms with E-state index < -0.39 is 0 Å². The summed E-state index contributed by atoms with van der Waals surface area (Å²) in [6.45, 7) is 2.73. The van der Waals surface area contributed by atoms with Crippen LogP contribution in [0.15, 0.2) is 85.3 Å². The first kappa shape index (κ1) is 22.7. The zero-order valence-corrected chi connectivity index (χ0v) is 20.7. The maximum absolute atomic E-state index is 6.85. The average Bonchev–Trinajstić information content (AvgIpc) is 3.20. The summed E-state index contributed by atoms with van der Waals surface area (Å²) >= 11 is 12.6. The van der Waals surface area contributed by atoms with Crippen molar-refractivity contribution in [3.05, 3.63) is 118 Å². The maximum atomic E-state index is 6.85. The summed E-state index contributed by atoms with van der Waals surface area (Å²) in [5.74, 6) is 0. The molecule has 0 bridgehead atoms. The minimum absolute atomic E-state index is 0.156. The number of ether oxygens (including phenoxy) is 1. The van der Waals surface area contributed by atoms with Crippen molar-refractivity contribution < 1.29 is 4.74 Å². The molecule has 4 heterocycles. The number of hydrogen-bond donors (Lipinski definition) is 0. The number of piperidine rings is 1. The fraction of sp³-hybridized carbons (Fsp3) is 0.241. The summed E-state index contributed by atoms with van der Waals surface area (Å²) in [7, 11) is 0. The molecule has 1 spiro atoms. The van der Waals surface area contributed by atoms with Crippen molar-refractivity contribution in [2.24, 2.45) is 0 Å². The Balaban J connectivity index is 1.17. The van der Waals surface area contributed by atoms with Crippen LogP contribution in [-0.2, 0) is 16.9 Å².